The van der Waals surface area contributed by atoms with Gasteiger partial charge in [-0.1, -0.05) is 51.1 Å². The van der Waals surface area contributed by atoms with E-state index in [2.05, 4.69) is 15.3 Å². The zero-order chi connectivity index (χ0) is 34.2. The van der Waals surface area contributed by atoms with Gasteiger partial charge in [-0.3, -0.25) is 14.4 Å². The van der Waals surface area contributed by atoms with Gasteiger partial charge in [0.2, 0.25) is 11.8 Å². The molecule has 1 saturated heterocycles. The van der Waals surface area contributed by atoms with Gasteiger partial charge in [0, 0.05) is 44.2 Å². The molecule has 2 aliphatic rings. The first-order chi connectivity index (χ1) is 22.2. The lowest BCUT2D eigenvalue weighted by Gasteiger charge is -2.36. The van der Waals surface area contributed by atoms with Gasteiger partial charge in [0.15, 0.2) is 5.82 Å². The van der Waals surface area contributed by atoms with Crippen LogP contribution in [0.2, 0.25) is 0 Å². The quantitative estimate of drug-likeness (QED) is 0.351. The molecule has 1 saturated carbocycles. The van der Waals surface area contributed by atoms with Gasteiger partial charge >= 0.3 is 12.1 Å². The van der Waals surface area contributed by atoms with E-state index in [9.17, 15) is 19.2 Å². The number of aromatic nitrogens is 2. The van der Waals surface area contributed by atoms with Crippen molar-refractivity contribution in [3.05, 3.63) is 42.1 Å². The maximum atomic E-state index is 13.8. The summed E-state index contributed by atoms with van der Waals surface area (Å²) in [6, 6.07) is 9.76. The number of benzene rings is 1. The van der Waals surface area contributed by atoms with Gasteiger partial charge in [0.05, 0.1) is 6.61 Å². The summed E-state index contributed by atoms with van der Waals surface area (Å²) >= 11 is 0. The van der Waals surface area contributed by atoms with Crippen LogP contribution in [0, 0.1) is 5.41 Å². The Morgan fingerprint density at radius 1 is 0.915 bits per heavy atom. The number of amides is 3. The first kappa shape index (κ1) is 35.6. The fraction of sp³-hybridized carbons (Fsp3) is 0.600. The van der Waals surface area contributed by atoms with E-state index in [0.29, 0.717) is 11.7 Å². The van der Waals surface area contributed by atoms with Gasteiger partial charge in [0.25, 0.3) is 5.91 Å². The molecule has 1 aliphatic heterocycles. The predicted octanol–water partition coefficient (Wildman–Crippen LogP) is 5.01. The fourth-order valence-corrected chi connectivity index (χ4v) is 5.34. The maximum Gasteiger partial charge on any atom is 0.409 e. The molecule has 2 aromatic rings. The second kappa shape index (κ2) is 15.6. The molecule has 0 spiro atoms. The van der Waals surface area contributed by atoms with Crippen molar-refractivity contribution >= 4 is 23.9 Å². The van der Waals surface area contributed by atoms with E-state index in [-0.39, 0.29) is 68.7 Å². The lowest BCUT2D eigenvalue weighted by Crippen LogP contribution is -2.56. The molecule has 4 rings (SSSR count). The molecule has 12 heteroatoms. The number of esters is 1. The normalized spacial score (nSPS) is 16.4. The molecule has 2 fully saturated rings. The van der Waals surface area contributed by atoms with Crippen LogP contribution in [0.1, 0.15) is 90.6 Å². The van der Waals surface area contributed by atoms with Crippen LogP contribution in [0.5, 0.6) is 5.88 Å². The minimum Gasteiger partial charge on any atom is -0.474 e. The second-order valence-electron chi connectivity index (χ2n) is 14.4. The highest BCUT2D eigenvalue weighted by Crippen LogP contribution is 2.26. The van der Waals surface area contributed by atoms with E-state index in [1.165, 1.54) is 6.07 Å². The van der Waals surface area contributed by atoms with Crippen molar-refractivity contribution in [1.29, 1.82) is 0 Å². The lowest BCUT2D eigenvalue weighted by atomic mass is 9.99. The minimum absolute atomic E-state index is 0.0111. The zero-order valence-electron chi connectivity index (χ0n) is 28.5. The number of ether oxygens (including phenoxy) is 3. The highest BCUT2D eigenvalue weighted by Gasteiger charge is 2.32. The average molecular weight is 652 g/mol. The van der Waals surface area contributed by atoms with Crippen LogP contribution in [0.3, 0.4) is 0 Å². The predicted molar refractivity (Wildman–Crippen MR) is 176 cm³/mol. The zero-order valence-corrected chi connectivity index (χ0v) is 28.5. The number of nitrogens with one attached hydrogen (secondary N) is 1. The van der Waals surface area contributed by atoms with Crippen LogP contribution in [0.25, 0.3) is 11.4 Å². The summed E-state index contributed by atoms with van der Waals surface area (Å²) in [6.07, 6.45) is 3.50. The van der Waals surface area contributed by atoms with Crippen molar-refractivity contribution in [1.82, 2.24) is 25.1 Å². The number of hydrogen-bond acceptors (Lipinski definition) is 9. The maximum absolute atomic E-state index is 13.8. The summed E-state index contributed by atoms with van der Waals surface area (Å²) in [5.74, 6) is -0.798. The van der Waals surface area contributed by atoms with Crippen LogP contribution in [0.4, 0.5) is 4.79 Å². The molecular formula is C35H49N5O7. The van der Waals surface area contributed by atoms with Gasteiger partial charge in [-0.15, -0.1) is 0 Å². The Morgan fingerprint density at radius 3 is 2.17 bits per heavy atom. The number of carbonyl (C=O) groups excluding carboxylic acids is 4. The third-order valence-electron chi connectivity index (χ3n) is 7.70. The van der Waals surface area contributed by atoms with E-state index < -0.39 is 29.6 Å². The van der Waals surface area contributed by atoms with Crippen LogP contribution in [-0.4, -0.2) is 94.2 Å². The Labute approximate surface area is 277 Å². The Kier molecular flexibility index (Phi) is 11.8. The molecular weight excluding hydrogens is 602 g/mol. The van der Waals surface area contributed by atoms with E-state index in [1.807, 2.05) is 51.1 Å². The second-order valence-corrected chi connectivity index (χ2v) is 14.4. The third-order valence-corrected chi connectivity index (χ3v) is 7.70. The van der Waals surface area contributed by atoms with Gasteiger partial charge < -0.3 is 29.3 Å². The molecule has 0 bridgehead atoms. The van der Waals surface area contributed by atoms with Crippen LogP contribution >= 0.6 is 0 Å². The Balaban J connectivity index is 1.51. The van der Waals surface area contributed by atoms with E-state index >= 15 is 0 Å². The number of hydrogen-bond donors (Lipinski definition) is 1. The molecule has 2 heterocycles. The fourth-order valence-electron chi connectivity index (χ4n) is 5.34. The molecule has 1 unspecified atom stereocenters. The summed E-state index contributed by atoms with van der Waals surface area (Å²) < 4.78 is 17.1. The van der Waals surface area contributed by atoms with E-state index in [1.54, 1.807) is 30.6 Å². The Hall–Kier alpha value is -4.22. The van der Waals surface area contributed by atoms with Crippen LogP contribution in [-0.2, 0) is 19.1 Å². The summed E-state index contributed by atoms with van der Waals surface area (Å²) in [6.45, 7) is 12.6. The minimum atomic E-state index is -1.04. The SMILES string of the molecule is CC(C)(C)COC(=O)N1CCN(C(=O)C(CCC(=O)OC(C)(C)C)NC(=O)c2cc(OC3CCCC3)nc(-c3ccccc3)n2)CC1. The molecule has 1 N–H and O–H groups in total. The first-order valence-corrected chi connectivity index (χ1v) is 16.5. The van der Waals surface area contributed by atoms with Crippen molar-refractivity contribution in [2.24, 2.45) is 5.41 Å². The monoisotopic (exact) mass is 651 g/mol. The average Bonchev–Trinajstić information content (AvgIpc) is 3.53. The summed E-state index contributed by atoms with van der Waals surface area (Å²) in [7, 11) is 0. The Morgan fingerprint density at radius 2 is 1.55 bits per heavy atom. The van der Waals surface area contributed by atoms with Crippen molar-refractivity contribution in [2.75, 3.05) is 32.8 Å². The highest BCUT2D eigenvalue weighted by molar-refractivity contribution is 5.97. The molecule has 47 heavy (non-hydrogen) atoms. The third kappa shape index (κ3) is 11.2. The van der Waals surface area contributed by atoms with E-state index in [4.69, 9.17) is 14.2 Å². The summed E-state index contributed by atoms with van der Waals surface area (Å²) in [5, 5.41) is 2.83. The Bertz CT molecular complexity index is 1390. The standard InChI is InChI=1S/C35H49N5O7/c1-34(2,3)23-45-33(44)40-20-18-39(19-21-40)32(43)26(16-17-29(41)47-35(4,5)6)37-31(42)27-22-28(46-25-14-10-11-15-25)38-30(36-27)24-12-8-7-9-13-24/h7-9,12-13,22,25-26H,10-11,14-21,23H2,1-6H3,(H,37,42). The van der Waals surface area contributed by atoms with Crippen molar-refractivity contribution < 1.29 is 33.4 Å². The van der Waals surface area contributed by atoms with Gasteiger partial charge in [-0.25, -0.2) is 9.78 Å². The van der Waals surface area contributed by atoms with Gasteiger partial charge in [0.1, 0.15) is 23.4 Å². The highest BCUT2D eigenvalue weighted by atomic mass is 16.6. The molecule has 256 valence electrons. The number of rotatable bonds is 10. The summed E-state index contributed by atoms with van der Waals surface area (Å²) in [5.41, 5.74) is -0.0901. The van der Waals surface area contributed by atoms with E-state index in [0.717, 1.165) is 31.2 Å². The number of nitrogens with zero attached hydrogens (tertiary/aromatic N) is 4. The number of piperazine rings is 1. The lowest BCUT2D eigenvalue weighted by molar-refractivity contribution is -0.155. The van der Waals surface area contributed by atoms with Crippen LogP contribution in [0.15, 0.2) is 36.4 Å². The van der Waals surface area contributed by atoms with Gasteiger partial charge in [-0.2, -0.15) is 4.98 Å². The van der Waals surface area contributed by atoms with Crippen molar-refractivity contribution in [3.63, 3.8) is 0 Å². The molecule has 3 amide bonds. The summed E-state index contributed by atoms with van der Waals surface area (Å²) in [4.78, 5) is 65.1. The molecule has 1 atom stereocenters. The smallest absolute Gasteiger partial charge is 0.409 e. The molecule has 1 aromatic carbocycles. The van der Waals surface area contributed by atoms with Crippen molar-refractivity contribution in [3.8, 4) is 17.3 Å². The topological polar surface area (TPSA) is 140 Å². The van der Waals surface area contributed by atoms with Crippen molar-refractivity contribution in [2.45, 2.75) is 97.8 Å². The largest absolute Gasteiger partial charge is 0.474 e. The van der Waals surface area contributed by atoms with Crippen LogP contribution < -0.4 is 10.1 Å². The molecule has 1 aromatic heterocycles. The molecule has 0 radical (unpaired) electrons. The molecule has 12 nitrogen and oxygen atoms in total. The molecule has 1 aliphatic carbocycles. The first-order valence-electron chi connectivity index (χ1n) is 16.5. The number of carbonyl (C=O) groups is 4. The van der Waals surface area contributed by atoms with Gasteiger partial charge in [-0.05, 0) is 58.3 Å².